The predicted octanol–water partition coefficient (Wildman–Crippen LogP) is 4.54. The van der Waals surface area contributed by atoms with Crippen molar-refractivity contribution in [3.05, 3.63) is 119 Å². The predicted molar refractivity (Wildman–Crippen MR) is 117 cm³/mol. The Balaban J connectivity index is 1.81. The van der Waals surface area contributed by atoms with Gasteiger partial charge in [-0.2, -0.15) is 0 Å². The van der Waals surface area contributed by atoms with Crippen LogP contribution in [0, 0.1) is 0 Å². The van der Waals surface area contributed by atoms with E-state index in [2.05, 4.69) is 10.2 Å². The van der Waals surface area contributed by atoms with Crippen molar-refractivity contribution in [2.24, 2.45) is 0 Å². The van der Waals surface area contributed by atoms with E-state index in [1.165, 1.54) is 0 Å². The smallest absolute Gasteiger partial charge is 0.352 e. The van der Waals surface area contributed by atoms with Crippen LogP contribution in [0.1, 0.15) is 28.3 Å². The van der Waals surface area contributed by atoms with Gasteiger partial charge >= 0.3 is 5.97 Å². The highest BCUT2D eigenvalue weighted by atomic mass is 16.4. The first-order valence-corrected chi connectivity index (χ1v) is 9.72. The zero-order valence-corrected chi connectivity index (χ0v) is 16.3. The molecule has 4 rings (SSSR count). The summed E-state index contributed by atoms with van der Waals surface area (Å²) in [4.78, 5) is 12.3. The third-order valence-electron chi connectivity index (χ3n) is 4.77. The van der Waals surface area contributed by atoms with Crippen molar-refractivity contribution in [2.45, 2.75) is 12.8 Å². The summed E-state index contributed by atoms with van der Waals surface area (Å²) < 4.78 is 1.68. The van der Waals surface area contributed by atoms with Crippen molar-refractivity contribution >= 4 is 17.7 Å². The average molecular weight is 395 g/mol. The number of carboxylic acids is 1. The molecule has 148 valence electrons. The molecule has 30 heavy (non-hydrogen) atoms. The Morgan fingerprint density at radius 1 is 0.733 bits per heavy atom. The van der Waals surface area contributed by atoms with Crippen LogP contribution in [0.5, 0.6) is 0 Å². The molecule has 5 nitrogen and oxygen atoms in total. The monoisotopic (exact) mass is 395 g/mol. The molecular weight excluding hydrogens is 374 g/mol. The molecule has 1 aromatic heterocycles. The molecule has 0 fully saturated rings. The van der Waals surface area contributed by atoms with Gasteiger partial charge in [-0.3, -0.25) is 4.57 Å². The summed E-state index contributed by atoms with van der Waals surface area (Å²) in [7, 11) is 0. The number of carbonyl (C=O) groups is 1. The number of nitrogens with zero attached hydrogens (tertiary/aromatic N) is 3. The van der Waals surface area contributed by atoms with E-state index in [0.29, 0.717) is 24.5 Å². The lowest BCUT2D eigenvalue weighted by Gasteiger charge is -2.12. The molecule has 3 aromatic carbocycles. The molecule has 0 atom stereocenters. The van der Waals surface area contributed by atoms with Gasteiger partial charge in [-0.1, -0.05) is 91.0 Å². The van der Waals surface area contributed by atoms with Gasteiger partial charge in [-0.05, 0) is 22.8 Å². The molecule has 0 amide bonds. The highest BCUT2D eigenvalue weighted by Crippen LogP contribution is 2.20. The lowest BCUT2D eigenvalue weighted by Crippen LogP contribution is -2.14. The molecule has 4 aromatic rings. The maximum absolute atomic E-state index is 12.3. The van der Waals surface area contributed by atoms with Gasteiger partial charge in [0, 0.05) is 12.8 Å². The molecule has 0 aliphatic heterocycles. The topological polar surface area (TPSA) is 68.0 Å². The normalized spacial score (nSPS) is 11.4. The van der Waals surface area contributed by atoms with E-state index in [0.717, 1.165) is 16.7 Å². The highest BCUT2D eigenvalue weighted by molar-refractivity contribution is 6.14. The van der Waals surface area contributed by atoms with E-state index < -0.39 is 5.97 Å². The van der Waals surface area contributed by atoms with E-state index in [9.17, 15) is 9.90 Å². The van der Waals surface area contributed by atoms with Gasteiger partial charge in [0.05, 0.1) is 0 Å². The van der Waals surface area contributed by atoms with E-state index in [1.807, 2.05) is 91.0 Å². The molecule has 0 bridgehead atoms. The molecule has 0 aliphatic carbocycles. The number of aliphatic carboxylic acids is 1. The van der Waals surface area contributed by atoms with Crippen LogP contribution in [0.3, 0.4) is 0 Å². The first-order valence-electron chi connectivity index (χ1n) is 9.72. The van der Waals surface area contributed by atoms with Gasteiger partial charge in [0.2, 0.25) is 0 Å². The molecule has 1 N–H and O–H groups in total. The third kappa shape index (κ3) is 4.52. The average Bonchev–Trinajstić information content (AvgIpc) is 3.15. The molecule has 1 heterocycles. The van der Waals surface area contributed by atoms with Crippen LogP contribution in [0.2, 0.25) is 0 Å². The molecular formula is C25H21N3O2. The minimum atomic E-state index is -1.03. The summed E-state index contributed by atoms with van der Waals surface area (Å²) in [6.45, 7) is 0. The number of aromatic nitrogens is 3. The minimum absolute atomic E-state index is 0.128. The molecule has 0 saturated heterocycles. The third-order valence-corrected chi connectivity index (χ3v) is 4.77. The first-order chi connectivity index (χ1) is 14.7. The van der Waals surface area contributed by atoms with Crippen LogP contribution < -0.4 is 0 Å². The molecule has 5 heteroatoms. The second kappa shape index (κ2) is 9.01. The lowest BCUT2D eigenvalue weighted by atomic mass is 10.1. The molecule has 0 saturated carbocycles. The van der Waals surface area contributed by atoms with E-state index >= 15 is 0 Å². The van der Waals surface area contributed by atoms with Crippen molar-refractivity contribution in [1.29, 1.82) is 0 Å². The zero-order valence-electron chi connectivity index (χ0n) is 16.3. The quantitative estimate of drug-likeness (QED) is 0.467. The lowest BCUT2D eigenvalue weighted by molar-refractivity contribution is -0.130. The summed E-state index contributed by atoms with van der Waals surface area (Å²) in [6.07, 6.45) is 2.64. The summed E-state index contributed by atoms with van der Waals surface area (Å²) in [5, 5.41) is 18.8. The summed E-state index contributed by atoms with van der Waals surface area (Å²) >= 11 is 0. The van der Waals surface area contributed by atoms with E-state index in [4.69, 9.17) is 0 Å². The van der Waals surface area contributed by atoms with Gasteiger partial charge in [0.1, 0.15) is 17.3 Å². The molecule has 0 aliphatic rings. The highest BCUT2D eigenvalue weighted by Gasteiger charge is 2.21. The fraction of sp³-hybridized carbons (Fsp3) is 0.0800. The minimum Gasteiger partial charge on any atom is -0.477 e. The van der Waals surface area contributed by atoms with Crippen LogP contribution in [-0.2, 0) is 17.6 Å². The number of carboxylic acid groups (broad SMARTS) is 1. The van der Waals surface area contributed by atoms with Crippen LogP contribution in [0.25, 0.3) is 11.8 Å². The fourth-order valence-electron chi connectivity index (χ4n) is 3.35. The Kier molecular flexibility index (Phi) is 5.80. The molecule has 0 spiro atoms. The zero-order chi connectivity index (χ0) is 20.8. The Hall–Kier alpha value is -3.99. The fourth-order valence-corrected chi connectivity index (χ4v) is 3.35. The van der Waals surface area contributed by atoms with Gasteiger partial charge in [-0.25, -0.2) is 4.79 Å². The Morgan fingerprint density at radius 2 is 1.17 bits per heavy atom. The number of hydrogen-bond acceptors (Lipinski definition) is 3. The Morgan fingerprint density at radius 3 is 1.60 bits per heavy atom. The van der Waals surface area contributed by atoms with Crippen molar-refractivity contribution in [3.63, 3.8) is 0 Å². The second-order valence-electron chi connectivity index (χ2n) is 6.94. The maximum Gasteiger partial charge on any atom is 0.352 e. The van der Waals surface area contributed by atoms with Crippen LogP contribution >= 0.6 is 0 Å². The van der Waals surface area contributed by atoms with Crippen molar-refractivity contribution < 1.29 is 9.90 Å². The molecule has 0 unspecified atom stereocenters. The number of hydrogen-bond donors (Lipinski definition) is 1. The Labute approximate surface area is 175 Å². The van der Waals surface area contributed by atoms with Crippen LogP contribution in [-0.4, -0.2) is 25.8 Å². The summed E-state index contributed by atoms with van der Waals surface area (Å²) in [5.41, 5.74) is 3.02. The second-order valence-corrected chi connectivity index (χ2v) is 6.94. The van der Waals surface area contributed by atoms with Gasteiger partial charge < -0.3 is 5.11 Å². The SMILES string of the molecule is O=C(O)/C(=C/c1ccccc1)n1c(Cc2ccccc2)nnc1Cc1ccccc1. The van der Waals surface area contributed by atoms with E-state index in [-0.39, 0.29) is 5.70 Å². The van der Waals surface area contributed by atoms with Crippen molar-refractivity contribution in [3.8, 4) is 0 Å². The Bertz CT molecular complexity index is 1090. The maximum atomic E-state index is 12.3. The first kappa shape index (κ1) is 19.3. The largest absolute Gasteiger partial charge is 0.477 e. The van der Waals surface area contributed by atoms with Crippen molar-refractivity contribution in [2.75, 3.05) is 0 Å². The van der Waals surface area contributed by atoms with Crippen molar-refractivity contribution in [1.82, 2.24) is 14.8 Å². The van der Waals surface area contributed by atoms with Gasteiger partial charge in [-0.15, -0.1) is 10.2 Å². The summed E-state index contributed by atoms with van der Waals surface area (Å²) in [6, 6.07) is 29.1. The standard InChI is InChI=1S/C25H21N3O2/c29-25(30)22(16-19-10-4-1-5-11-19)28-23(17-20-12-6-2-7-13-20)26-27-24(28)18-21-14-8-3-9-15-21/h1-16H,17-18H2,(H,29,30)/b22-16-. The van der Waals surface area contributed by atoms with Gasteiger partial charge in [0.15, 0.2) is 0 Å². The van der Waals surface area contributed by atoms with Crippen LogP contribution in [0.4, 0.5) is 0 Å². The van der Waals surface area contributed by atoms with E-state index in [1.54, 1.807) is 10.6 Å². The summed E-state index contributed by atoms with van der Waals surface area (Å²) in [5.74, 6) is 0.163. The van der Waals surface area contributed by atoms with Gasteiger partial charge in [0.25, 0.3) is 0 Å². The number of rotatable bonds is 7. The van der Waals surface area contributed by atoms with Crippen LogP contribution in [0.15, 0.2) is 91.0 Å². The molecule has 0 radical (unpaired) electrons. The number of benzene rings is 3.